The van der Waals surface area contributed by atoms with E-state index in [1.54, 1.807) is 0 Å². The topological polar surface area (TPSA) is 33.5 Å². The summed E-state index contributed by atoms with van der Waals surface area (Å²) in [5.41, 5.74) is 0.765. The average molecular weight is 253 g/mol. The van der Waals surface area contributed by atoms with E-state index in [4.69, 9.17) is 4.42 Å². The Bertz CT molecular complexity index is 756. The van der Waals surface area contributed by atoms with E-state index in [0.29, 0.717) is 12.3 Å². The van der Waals surface area contributed by atoms with Gasteiger partial charge in [0.1, 0.15) is 5.58 Å². The second-order valence-corrected chi connectivity index (χ2v) is 4.97. The molecule has 3 aromatic rings. The van der Waals surface area contributed by atoms with Crippen molar-refractivity contribution in [3.8, 4) is 0 Å². The maximum absolute atomic E-state index is 12.0. The maximum Gasteiger partial charge on any atom is 0.211 e. The van der Waals surface area contributed by atoms with Crippen LogP contribution in [0.4, 0.5) is 0 Å². The van der Waals surface area contributed by atoms with Crippen molar-refractivity contribution in [1.29, 1.82) is 0 Å². The van der Waals surface area contributed by atoms with Crippen LogP contribution in [0.25, 0.3) is 21.7 Å². The Hall–Kier alpha value is -2.13. The number of ketones is 1. The molecule has 3 heteroatoms. The number of benzene rings is 2. The molecule has 0 bridgehead atoms. The Kier molecular flexibility index (Phi) is 2.84. The van der Waals surface area contributed by atoms with Crippen LogP contribution in [0, 0.1) is 0 Å². The fourth-order valence-corrected chi connectivity index (χ4v) is 2.30. The summed E-state index contributed by atoms with van der Waals surface area (Å²) in [7, 11) is 3.74. The van der Waals surface area contributed by atoms with Gasteiger partial charge in [0.05, 0.1) is 6.54 Å². The lowest BCUT2D eigenvalue weighted by Crippen LogP contribution is -2.21. The molecular weight excluding hydrogens is 238 g/mol. The number of nitrogens with zero attached hydrogens (tertiary/aromatic N) is 1. The highest BCUT2D eigenvalue weighted by Gasteiger charge is 2.14. The Morgan fingerprint density at radius 3 is 2.68 bits per heavy atom. The third-order valence-electron chi connectivity index (χ3n) is 3.16. The predicted molar refractivity (Wildman–Crippen MR) is 76.6 cm³/mol. The van der Waals surface area contributed by atoms with Crippen LogP contribution in [0.1, 0.15) is 10.6 Å². The highest BCUT2D eigenvalue weighted by molar-refractivity contribution is 6.09. The fourth-order valence-electron chi connectivity index (χ4n) is 2.30. The van der Waals surface area contributed by atoms with Gasteiger partial charge in [-0.25, -0.2) is 0 Å². The zero-order valence-corrected chi connectivity index (χ0v) is 11.0. The van der Waals surface area contributed by atoms with Crippen LogP contribution in [-0.2, 0) is 0 Å². The second kappa shape index (κ2) is 4.52. The first kappa shape index (κ1) is 11.9. The largest absolute Gasteiger partial charge is 0.453 e. The number of hydrogen-bond acceptors (Lipinski definition) is 3. The van der Waals surface area contributed by atoms with E-state index in [2.05, 4.69) is 6.07 Å². The van der Waals surface area contributed by atoms with Crippen molar-refractivity contribution in [3.05, 3.63) is 48.2 Å². The van der Waals surface area contributed by atoms with Crippen molar-refractivity contribution in [2.45, 2.75) is 0 Å². The van der Waals surface area contributed by atoms with Crippen LogP contribution < -0.4 is 0 Å². The molecule has 1 aromatic heterocycles. The Morgan fingerprint density at radius 1 is 1.11 bits per heavy atom. The molecular formula is C16H15NO2. The van der Waals surface area contributed by atoms with Crippen molar-refractivity contribution in [2.75, 3.05) is 20.6 Å². The Balaban J connectivity index is 2.15. The molecule has 0 radical (unpaired) electrons. The van der Waals surface area contributed by atoms with Gasteiger partial charge < -0.3 is 9.32 Å². The molecule has 0 saturated carbocycles. The molecule has 3 nitrogen and oxygen atoms in total. The smallest absolute Gasteiger partial charge is 0.211 e. The molecule has 0 aliphatic rings. The third kappa shape index (κ3) is 2.13. The van der Waals surface area contributed by atoms with E-state index in [1.807, 2.05) is 55.4 Å². The van der Waals surface area contributed by atoms with Crippen molar-refractivity contribution >= 4 is 27.5 Å². The van der Waals surface area contributed by atoms with E-state index in [9.17, 15) is 4.79 Å². The van der Waals surface area contributed by atoms with Crippen LogP contribution in [-0.4, -0.2) is 31.3 Å². The highest BCUT2D eigenvalue weighted by Crippen LogP contribution is 2.28. The molecule has 0 aliphatic carbocycles. The number of carbonyl (C=O) groups excluding carboxylic acids is 1. The first-order chi connectivity index (χ1) is 9.15. The van der Waals surface area contributed by atoms with Crippen LogP contribution in [0.2, 0.25) is 0 Å². The lowest BCUT2D eigenvalue weighted by Gasteiger charge is -2.05. The molecule has 2 aromatic carbocycles. The molecule has 19 heavy (non-hydrogen) atoms. The number of hydrogen-bond donors (Lipinski definition) is 0. The minimum atomic E-state index is 0.00489. The number of Topliss-reactive ketones (excluding diaryl/α,β-unsaturated/α-hetero) is 1. The molecule has 0 aliphatic heterocycles. The number of carbonyl (C=O) groups is 1. The summed E-state index contributed by atoms with van der Waals surface area (Å²) < 4.78 is 5.66. The number of rotatable bonds is 3. The molecule has 0 atom stereocenters. The Morgan fingerprint density at radius 2 is 1.89 bits per heavy atom. The van der Waals surface area contributed by atoms with Gasteiger partial charge in [0.2, 0.25) is 5.78 Å². The zero-order chi connectivity index (χ0) is 13.4. The van der Waals surface area contributed by atoms with Crippen LogP contribution >= 0.6 is 0 Å². The summed E-state index contributed by atoms with van der Waals surface area (Å²) in [6.45, 7) is 0.359. The number of furan rings is 1. The van der Waals surface area contributed by atoms with E-state index in [-0.39, 0.29) is 5.78 Å². The summed E-state index contributed by atoms with van der Waals surface area (Å²) in [5, 5.41) is 3.27. The average Bonchev–Trinajstić information content (AvgIpc) is 2.82. The summed E-state index contributed by atoms with van der Waals surface area (Å²) >= 11 is 0. The number of fused-ring (bicyclic) bond motifs is 3. The quantitative estimate of drug-likeness (QED) is 0.671. The molecule has 0 saturated heterocycles. The van der Waals surface area contributed by atoms with Gasteiger partial charge in [-0.05, 0) is 37.0 Å². The Labute approximate surface area is 111 Å². The van der Waals surface area contributed by atoms with Gasteiger partial charge in [-0.3, -0.25) is 4.79 Å². The van der Waals surface area contributed by atoms with Crippen molar-refractivity contribution < 1.29 is 9.21 Å². The predicted octanol–water partition coefficient (Wildman–Crippen LogP) is 3.33. The van der Waals surface area contributed by atoms with Gasteiger partial charge in [0.15, 0.2) is 5.76 Å². The van der Waals surface area contributed by atoms with Gasteiger partial charge in [-0.2, -0.15) is 0 Å². The molecule has 0 fully saturated rings. The summed E-state index contributed by atoms with van der Waals surface area (Å²) in [6.07, 6.45) is 0. The van der Waals surface area contributed by atoms with Crippen LogP contribution in [0.3, 0.4) is 0 Å². The molecule has 1 heterocycles. The lowest BCUT2D eigenvalue weighted by molar-refractivity contribution is 0.0933. The standard InChI is InChI=1S/C16H15NO2/c1-17(2)10-14(18)16-9-13-12-6-4-3-5-11(12)7-8-15(13)19-16/h3-9H,10H2,1-2H3. The molecule has 0 amide bonds. The minimum Gasteiger partial charge on any atom is -0.453 e. The lowest BCUT2D eigenvalue weighted by atomic mass is 10.1. The first-order valence-corrected chi connectivity index (χ1v) is 6.24. The molecule has 3 rings (SSSR count). The number of likely N-dealkylation sites (N-methyl/N-ethyl adjacent to an activating group) is 1. The van der Waals surface area contributed by atoms with Gasteiger partial charge in [0.25, 0.3) is 0 Å². The van der Waals surface area contributed by atoms with Gasteiger partial charge in [-0.1, -0.05) is 30.3 Å². The zero-order valence-electron chi connectivity index (χ0n) is 11.0. The molecule has 96 valence electrons. The SMILES string of the molecule is CN(C)CC(=O)c1cc2c(ccc3ccccc32)o1. The summed E-state index contributed by atoms with van der Waals surface area (Å²) in [6, 6.07) is 13.9. The summed E-state index contributed by atoms with van der Waals surface area (Å²) in [4.78, 5) is 13.9. The van der Waals surface area contributed by atoms with Crippen LogP contribution in [0.5, 0.6) is 0 Å². The van der Waals surface area contributed by atoms with Crippen LogP contribution in [0.15, 0.2) is 46.9 Å². The molecule has 0 spiro atoms. The van der Waals surface area contributed by atoms with E-state index < -0.39 is 0 Å². The first-order valence-electron chi connectivity index (χ1n) is 6.24. The normalized spacial score (nSPS) is 11.5. The molecule has 0 unspecified atom stereocenters. The second-order valence-electron chi connectivity index (χ2n) is 4.97. The summed E-state index contributed by atoms with van der Waals surface area (Å²) in [5.74, 6) is 0.435. The highest BCUT2D eigenvalue weighted by atomic mass is 16.3. The van der Waals surface area contributed by atoms with Crippen molar-refractivity contribution in [3.63, 3.8) is 0 Å². The van der Waals surface area contributed by atoms with E-state index in [1.165, 1.54) is 0 Å². The van der Waals surface area contributed by atoms with Gasteiger partial charge in [0, 0.05) is 5.39 Å². The molecule has 0 N–H and O–H groups in total. The van der Waals surface area contributed by atoms with Crippen molar-refractivity contribution in [1.82, 2.24) is 4.90 Å². The van der Waals surface area contributed by atoms with Crippen molar-refractivity contribution in [2.24, 2.45) is 0 Å². The van der Waals surface area contributed by atoms with E-state index in [0.717, 1.165) is 21.7 Å². The fraction of sp³-hybridized carbons (Fsp3) is 0.188. The third-order valence-corrected chi connectivity index (χ3v) is 3.16. The maximum atomic E-state index is 12.0. The monoisotopic (exact) mass is 253 g/mol. The van der Waals surface area contributed by atoms with Gasteiger partial charge >= 0.3 is 0 Å². The minimum absolute atomic E-state index is 0.00489. The van der Waals surface area contributed by atoms with Gasteiger partial charge in [-0.15, -0.1) is 0 Å². The van der Waals surface area contributed by atoms with E-state index >= 15 is 0 Å².